The Morgan fingerprint density at radius 3 is 2.65 bits per heavy atom. The first-order valence-electron chi connectivity index (χ1n) is 5.89. The summed E-state index contributed by atoms with van der Waals surface area (Å²) in [7, 11) is 0. The van der Waals surface area contributed by atoms with Crippen LogP contribution in [0.1, 0.15) is 12.5 Å². The van der Waals surface area contributed by atoms with Crippen molar-refractivity contribution in [3.05, 3.63) is 66.4 Å². The molecule has 2 aromatic carbocycles. The van der Waals surface area contributed by atoms with Crippen LogP contribution in [0.4, 0.5) is 0 Å². The van der Waals surface area contributed by atoms with E-state index in [2.05, 4.69) is 73.1 Å². The Morgan fingerprint density at radius 2 is 1.88 bits per heavy atom. The van der Waals surface area contributed by atoms with Crippen molar-refractivity contribution < 1.29 is 0 Å². The van der Waals surface area contributed by atoms with Gasteiger partial charge in [0.15, 0.2) is 0 Å². The van der Waals surface area contributed by atoms with Crippen molar-refractivity contribution in [2.45, 2.75) is 13.0 Å². The topological polar surface area (TPSA) is 12.0 Å². The van der Waals surface area contributed by atoms with Crippen LogP contribution in [0.3, 0.4) is 0 Å². The van der Waals surface area contributed by atoms with Crippen molar-refractivity contribution in [2.75, 3.05) is 0 Å². The van der Waals surface area contributed by atoms with Crippen molar-refractivity contribution in [2.24, 2.45) is 0 Å². The molecule has 1 nitrogen and oxygen atoms in total. The second kappa shape index (κ2) is 4.10. The lowest BCUT2D eigenvalue weighted by atomic mass is 10.00. The molecule has 1 aliphatic rings. The quantitative estimate of drug-likeness (QED) is 0.775. The van der Waals surface area contributed by atoms with Crippen LogP contribution in [0, 0.1) is 6.20 Å². The van der Waals surface area contributed by atoms with Crippen LogP contribution in [-0.4, -0.2) is 6.04 Å². The van der Waals surface area contributed by atoms with Gasteiger partial charge >= 0.3 is 0 Å². The number of rotatable bonds is 1. The Morgan fingerprint density at radius 1 is 1.06 bits per heavy atom. The maximum absolute atomic E-state index is 3.23. The molecule has 0 aromatic heterocycles. The van der Waals surface area contributed by atoms with Gasteiger partial charge in [0.2, 0.25) is 0 Å². The van der Waals surface area contributed by atoms with Crippen molar-refractivity contribution in [3.63, 3.8) is 0 Å². The largest absolute Gasteiger partial charge is 0.377 e. The molecule has 1 unspecified atom stereocenters. The van der Waals surface area contributed by atoms with Gasteiger partial charge in [-0.2, -0.15) is 0 Å². The second-order valence-electron chi connectivity index (χ2n) is 4.39. The van der Waals surface area contributed by atoms with Crippen molar-refractivity contribution in [1.82, 2.24) is 5.32 Å². The molecule has 3 rings (SSSR count). The molecule has 0 amide bonds. The first-order valence-corrected chi connectivity index (χ1v) is 5.89. The SMILES string of the molecule is CC1C=CC(c2ccc3ccccc3c2)=[C]N1. The van der Waals surface area contributed by atoms with Gasteiger partial charge in [-0.15, -0.1) is 0 Å². The second-order valence-corrected chi connectivity index (χ2v) is 4.39. The van der Waals surface area contributed by atoms with Gasteiger partial charge in [-0.05, 0) is 29.3 Å². The Balaban J connectivity index is 2.04. The summed E-state index contributed by atoms with van der Waals surface area (Å²) in [5, 5.41) is 5.75. The summed E-state index contributed by atoms with van der Waals surface area (Å²) >= 11 is 0. The molecule has 1 radical (unpaired) electrons. The maximum atomic E-state index is 3.23. The summed E-state index contributed by atoms with van der Waals surface area (Å²) in [6.07, 6.45) is 7.51. The number of hydrogen-bond donors (Lipinski definition) is 1. The van der Waals surface area contributed by atoms with Crippen LogP contribution >= 0.6 is 0 Å². The molecule has 0 fully saturated rings. The minimum atomic E-state index is 0.374. The number of dihydropyridines is 1. The summed E-state index contributed by atoms with van der Waals surface area (Å²) in [6.45, 7) is 2.11. The van der Waals surface area contributed by atoms with Gasteiger partial charge in [0, 0.05) is 11.6 Å². The van der Waals surface area contributed by atoms with E-state index in [1.165, 1.54) is 16.3 Å². The summed E-state index contributed by atoms with van der Waals surface area (Å²) in [5.41, 5.74) is 2.33. The average Bonchev–Trinajstić information content (AvgIpc) is 2.39. The van der Waals surface area contributed by atoms with Crippen LogP contribution in [0.15, 0.2) is 54.6 Å². The number of benzene rings is 2. The molecular formula is C16H14N. The van der Waals surface area contributed by atoms with Crippen LogP contribution in [-0.2, 0) is 0 Å². The number of nitrogens with one attached hydrogen (secondary N) is 1. The highest BCUT2D eigenvalue weighted by atomic mass is 14.9. The summed E-state index contributed by atoms with van der Waals surface area (Å²) in [5.74, 6) is 0. The molecule has 0 bridgehead atoms. The van der Waals surface area contributed by atoms with Crippen LogP contribution < -0.4 is 5.32 Å². The lowest BCUT2D eigenvalue weighted by molar-refractivity contribution is 0.746. The molecule has 1 N–H and O–H groups in total. The lowest BCUT2D eigenvalue weighted by Crippen LogP contribution is -2.21. The van der Waals surface area contributed by atoms with Crippen molar-refractivity contribution >= 4 is 16.3 Å². The van der Waals surface area contributed by atoms with E-state index >= 15 is 0 Å². The van der Waals surface area contributed by atoms with E-state index in [0.29, 0.717) is 6.04 Å². The number of hydrogen-bond acceptors (Lipinski definition) is 1. The lowest BCUT2D eigenvalue weighted by Gasteiger charge is -2.14. The van der Waals surface area contributed by atoms with E-state index in [0.717, 1.165) is 5.57 Å². The Labute approximate surface area is 101 Å². The molecular weight excluding hydrogens is 206 g/mol. The zero-order chi connectivity index (χ0) is 11.7. The molecule has 1 atom stereocenters. The predicted molar refractivity (Wildman–Crippen MR) is 72.3 cm³/mol. The van der Waals surface area contributed by atoms with Gasteiger partial charge < -0.3 is 5.32 Å². The van der Waals surface area contributed by atoms with Gasteiger partial charge in [-0.25, -0.2) is 0 Å². The molecule has 2 aromatic rings. The molecule has 83 valence electrons. The molecule has 17 heavy (non-hydrogen) atoms. The van der Waals surface area contributed by atoms with E-state index in [-0.39, 0.29) is 0 Å². The average molecular weight is 220 g/mol. The van der Waals surface area contributed by atoms with Gasteiger partial charge in [-0.3, -0.25) is 0 Å². The zero-order valence-electron chi connectivity index (χ0n) is 9.77. The highest BCUT2D eigenvalue weighted by Crippen LogP contribution is 2.22. The standard InChI is InChI=1S/C16H14N/c1-12-6-7-16(11-17-12)15-9-8-13-4-2-3-5-14(13)10-15/h2-10,12,17H,1H3. The molecule has 0 saturated carbocycles. The van der Waals surface area contributed by atoms with Gasteiger partial charge in [-0.1, -0.05) is 48.6 Å². The third-order valence-electron chi connectivity index (χ3n) is 3.05. The van der Waals surface area contributed by atoms with E-state index in [1.54, 1.807) is 0 Å². The van der Waals surface area contributed by atoms with Crippen LogP contribution in [0.2, 0.25) is 0 Å². The number of fused-ring (bicyclic) bond motifs is 1. The molecule has 1 aliphatic heterocycles. The van der Waals surface area contributed by atoms with E-state index in [1.807, 2.05) is 0 Å². The Kier molecular flexibility index (Phi) is 2.45. The fourth-order valence-electron chi connectivity index (χ4n) is 2.05. The third-order valence-corrected chi connectivity index (χ3v) is 3.05. The van der Waals surface area contributed by atoms with Gasteiger partial charge in [0.25, 0.3) is 0 Å². The smallest absolute Gasteiger partial charge is 0.0666 e. The fraction of sp³-hybridized carbons (Fsp3) is 0.125. The van der Waals surface area contributed by atoms with Crippen molar-refractivity contribution in [1.29, 1.82) is 0 Å². The first kappa shape index (κ1) is 10.2. The fourth-order valence-corrected chi connectivity index (χ4v) is 2.05. The third kappa shape index (κ3) is 1.96. The molecule has 1 heteroatoms. The minimum Gasteiger partial charge on any atom is -0.377 e. The maximum Gasteiger partial charge on any atom is 0.0666 e. The van der Waals surface area contributed by atoms with Crippen LogP contribution in [0.5, 0.6) is 0 Å². The first-order chi connectivity index (χ1) is 8.33. The van der Waals surface area contributed by atoms with Gasteiger partial charge in [0.1, 0.15) is 0 Å². The predicted octanol–water partition coefficient (Wildman–Crippen LogP) is 3.53. The van der Waals surface area contributed by atoms with Crippen molar-refractivity contribution in [3.8, 4) is 0 Å². The van der Waals surface area contributed by atoms with Crippen LogP contribution in [0.25, 0.3) is 16.3 Å². The normalized spacial score (nSPS) is 18.9. The molecule has 1 heterocycles. The summed E-state index contributed by atoms with van der Waals surface area (Å²) in [6, 6.07) is 15.3. The highest BCUT2D eigenvalue weighted by Gasteiger charge is 2.05. The molecule has 0 saturated heterocycles. The minimum absolute atomic E-state index is 0.374. The Hall–Kier alpha value is -2.02. The molecule has 0 spiro atoms. The monoisotopic (exact) mass is 220 g/mol. The Bertz CT molecular complexity index is 608. The zero-order valence-corrected chi connectivity index (χ0v) is 9.77. The number of allylic oxidation sites excluding steroid dienone is 2. The van der Waals surface area contributed by atoms with E-state index in [4.69, 9.17) is 0 Å². The van der Waals surface area contributed by atoms with Gasteiger partial charge in [0.05, 0.1) is 6.20 Å². The van der Waals surface area contributed by atoms with E-state index < -0.39 is 0 Å². The van der Waals surface area contributed by atoms with E-state index in [9.17, 15) is 0 Å². The summed E-state index contributed by atoms with van der Waals surface area (Å²) in [4.78, 5) is 0. The molecule has 0 aliphatic carbocycles. The highest BCUT2D eigenvalue weighted by molar-refractivity contribution is 5.87. The summed E-state index contributed by atoms with van der Waals surface area (Å²) < 4.78 is 0.